The molecule has 3 rings (SSSR count). The Hall–Kier alpha value is -2.83. The molecule has 1 saturated heterocycles. The summed E-state index contributed by atoms with van der Waals surface area (Å²) in [4.78, 5) is 29.0. The molecule has 0 aliphatic carbocycles. The summed E-state index contributed by atoms with van der Waals surface area (Å²) in [5.41, 5.74) is 1.93. The van der Waals surface area contributed by atoms with Crippen LogP contribution in [-0.4, -0.2) is 65.1 Å². The first kappa shape index (κ1) is 18.9. The molecule has 27 heavy (non-hydrogen) atoms. The van der Waals surface area contributed by atoms with Gasteiger partial charge in [0.05, 0.1) is 12.8 Å². The van der Waals surface area contributed by atoms with E-state index >= 15 is 0 Å². The number of carbonyl (C=O) groups is 2. The molecular weight excluding hydrogens is 344 g/mol. The van der Waals surface area contributed by atoms with E-state index in [4.69, 9.17) is 4.74 Å². The number of ether oxygens (including phenoxy) is 1. The molecule has 2 aromatic rings. The first-order valence-corrected chi connectivity index (χ1v) is 9.31. The first-order chi connectivity index (χ1) is 13.0. The molecule has 144 valence electrons. The third-order valence-corrected chi connectivity index (χ3v) is 4.98. The summed E-state index contributed by atoms with van der Waals surface area (Å²) in [5.74, 6) is 0.558. The number of aromatic amines is 1. The van der Waals surface area contributed by atoms with Crippen molar-refractivity contribution in [2.24, 2.45) is 0 Å². The lowest BCUT2D eigenvalue weighted by Crippen LogP contribution is -2.57. The van der Waals surface area contributed by atoms with Gasteiger partial charge in [-0.05, 0) is 24.6 Å². The Bertz CT molecular complexity index is 817. The van der Waals surface area contributed by atoms with Crippen LogP contribution < -0.4 is 4.74 Å². The van der Waals surface area contributed by atoms with Gasteiger partial charge in [0, 0.05) is 25.7 Å². The zero-order valence-electron chi connectivity index (χ0n) is 16.1. The number of hydrogen-bond donors (Lipinski definition) is 1. The van der Waals surface area contributed by atoms with Crippen molar-refractivity contribution >= 4 is 11.8 Å². The van der Waals surface area contributed by atoms with Gasteiger partial charge in [-0.15, -0.1) is 0 Å². The minimum absolute atomic E-state index is 0.00980. The number of likely N-dealkylation sites (N-methyl/N-ethyl adjacent to an activating group) is 1. The largest absolute Gasteiger partial charge is 0.497 e. The van der Waals surface area contributed by atoms with E-state index in [-0.39, 0.29) is 11.8 Å². The fourth-order valence-electron chi connectivity index (χ4n) is 3.35. The molecule has 1 atom stereocenters. The van der Waals surface area contributed by atoms with E-state index in [9.17, 15) is 9.59 Å². The van der Waals surface area contributed by atoms with Crippen molar-refractivity contribution in [3.63, 3.8) is 0 Å². The van der Waals surface area contributed by atoms with E-state index in [1.807, 2.05) is 24.3 Å². The molecule has 0 spiro atoms. The number of benzene rings is 1. The van der Waals surface area contributed by atoms with Crippen LogP contribution in [-0.2, 0) is 4.79 Å². The van der Waals surface area contributed by atoms with E-state index in [1.54, 1.807) is 30.0 Å². The highest BCUT2D eigenvalue weighted by molar-refractivity contribution is 5.97. The third kappa shape index (κ3) is 3.97. The van der Waals surface area contributed by atoms with Gasteiger partial charge in [0.2, 0.25) is 5.91 Å². The predicted molar refractivity (Wildman–Crippen MR) is 103 cm³/mol. The van der Waals surface area contributed by atoms with Gasteiger partial charge in [0.1, 0.15) is 17.5 Å². The number of nitrogens with zero attached hydrogens (tertiary/aromatic N) is 3. The molecule has 2 amide bonds. The maximum Gasteiger partial charge on any atom is 0.272 e. The van der Waals surface area contributed by atoms with Gasteiger partial charge in [-0.2, -0.15) is 5.10 Å². The Morgan fingerprint density at radius 3 is 2.89 bits per heavy atom. The van der Waals surface area contributed by atoms with Crippen molar-refractivity contribution in [3.05, 3.63) is 36.0 Å². The van der Waals surface area contributed by atoms with E-state index in [0.717, 1.165) is 24.2 Å². The standard InChI is InChI=1S/C20H26N4O3/c1-4-5-9-18-20(26)23(2)10-11-24(18)19(25)17-13-16(21-22-17)14-7-6-8-15(12-14)27-3/h6-8,12-13,18H,4-5,9-11H2,1-3H3,(H,21,22)/t18-/m0/s1. The van der Waals surface area contributed by atoms with Gasteiger partial charge < -0.3 is 14.5 Å². The molecule has 1 fully saturated rings. The fourth-order valence-corrected chi connectivity index (χ4v) is 3.35. The molecule has 1 aliphatic heterocycles. The summed E-state index contributed by atoms with van der Waals surface area (Å²) < 4.78 is 5.24. The van der Waals surface area contributed by atoms with Crippen molar-refractivity contribution < 1.29 is 14.3 Å². The lowest BCUT2D eigenvalue weighted by molar-refractivity contribution is -0.138. The molecule has 7 nitrogen and oxygen atoms in total. The molecule has 0 bridgehead atoms. The summed E-state index contributed by atoms with van der Waals surface area (Å²) in [6.07, 6.45) is 2.58. The van der Waals surface area contributed by atoms with E-state index in [2.05, 4.69) is 17.1 Å². The number of rotatable bonds is 6. The summed E-state index contributed by atoms with van der Waals surface area (Å²) in [7, 11) is 3.40. The average molecular weight is 370 g/mol. The summed E-state index contributed by atoms with van der Waals surface area (Å²) in [6, 6.07) is 8.85. The highest BCUT2D eigenvalue weighted by atomic mass is 16.5. The molecule has 1 aliphatic rings. The summed E-state index contributed by atoms with van der Waals surface area (Å²) >= 11 is 0. The SMILES string of the molecule is CCCC[C@H]1C(=O)N(C)CCN1C(=O)c1cc(-c2cccc(OC)c2)n[nH]1. The van der Waals surface area contributed by atoms with Gasteiger partial charge >= 0.3 is 0 Å². The highest BCUT2D eigenvalue weighted by Gasteiger charge is 2.36. The first-order valence-electron chi connectivity index (χ1n) is 9.31. The van der Waals surface area contributed by atoms with E-state index in [0.29, 0.717) is 30.9 Å². The summed E-state index contributed by atoms with van der Waals surface area (Å²) in [6.45, 7) is 3.16. The maximum absolute atomic E-state index is 13.1. The minimum atomic E-state index is -0.403. The van der Waals surface area contributed by atoms with Crippen LogP contribution in [0.25, 0.3) is 11.3 Å². The zero-order chi connectivity index (χ0) is 19.4. The number of aromatic nitrogens is 2. The number of carbonyl (C=O) groups excluding carboxylic acids is 2. The Balaban J connectivity index is 1.82. The van der Waals surface area contributed by atoms with Gasteiger partial charge in [-0.3, -0.25) is 14.7 Å². The van der Waals surface area contributed by atoms with Crippen LogP contribution in [0.2, 0.25) is 0 Å². The second-order valence-corrected chi connectivity index (χ2v) is 6.82. The van der Waals surface area contributed by atoms with Crippen LogP contribution in [0.4, 0.5) is 0 Å². The van der Waals surface area contributed by atoms with Crippen molar-refractivity contribution in [1.29, 1.82) is 0 Å². The Kier molecular flexibility index (Phi) is 5.78. The van der Waals surface area contributed by atoms with Crippen molar-refractivity contribution in [3.8, 4) is 17.0 Å². The number of H-pyrrole nitrogens is 1. The van der Waals surface area contributed by atoms with Gasteiger partial charge in [-0.25, -0.2) is 0 Å². The van der Waals surface area contributed by atoms with Crippen LogP contribution in [0.15, 0.2) is 30.3 Å². The van der Waals surface area contributed by atoms with Gasteiger partial charge in [-0.1, -0.05) is 31.9 Å². The highest BCUT2D eigenvalue weighted by Crippen LogP contribution is 2.24. The fraction of sp³-hybridized carbons (Fsp3) is 0.450. The lowest BCUT2D eigenvalue weighted by atomic mass is 10.0. The Morgan fingerprint density at radius 2 is 2.15 bits per heavy atom. The number of unbranched alkanes of at least 4 members (excludes halogenated alkanes) is 1. The molecule has 1 aromatic carbocycles. The topological polar surface area (TPSA) is 78.5 Å². The van der Waals surface area contributed by atoms with Crippen LogP contribution in [0.1, 0.15) is 36.7 Å². The molecular formula is C20H26N4O3. The van der Waals surface area contributed by atoms with Gasteiger partial charge in [0.25, 0.3) is 5.91 Å². The molecule has 7 heteroatoms. The summed E-state index contributed by atoms with van der Waals surface area (Å²) in [5, 5.41) is 7.11. The minimum Gasteiger partial charge on any atom is -0.497 e. The quantitative estimate of drug-likeness (QED) is 0.848. The average Bonchev–Trinajstić information content (AvgIpc) is 3.19. The smallest absolute Gasteiger partial charge is 0.272 e. The maximum atomic E-state index is 13.1. The normalized spacial score (nSPS) is 17.3. The molecule has 0 unspecified atom stereocenters. The monoisotopic (exact) mass is 370 g/mol. The molecule has 0 saturated carbocycles. The number of hydrogen-bond acceptors (Lipinski definition) is 4. The zero-order valence-corrected chi connectivity index (χ0v) is 16.1. The number of amides is 2. The number of methoxy groups -OCH3 is 1. The van der Waals surface area contributed by atoms with Crippen molar-refractivity contribution in [2.45, 2.75) is 32.2 Å². The predicted octanol–water partition coefficient (Wildman–Crippen LogP) is 2.56. The van der Waals surface area contributed by atoms with Crippen LogP contribution in [0.5, 0.6) is 5.75 Å². The van der Waals surface area contributed by atoms with E-state index in [1.165, 1.54) is 0 Å². The third-order valence-electron chi connectivity index (χ3n) is 4.98. The number of piperazine rings is 1. The van der Waals surface area contributed by atoms with Crippen LogP contribution in [0.3, 0.4) is 0 Å². The van der Waals surface area contributed by atoms with Crippen molar-refractivity contribution in [1.82, 2.24) is 20.0 Å². The molecule has 1 aromatic heterocycles. The van der Waals surface area contributed by atoms with Gasteiger partial charge in [0.15, 0.2) is 0 Å². The second kappa shape index (κ2) is 8.24. The molecule has 2 heterocycles. The molecule has 1 N–H and O–H groups in total. The number of nitrogens with one attached hydrogen (secondary N) is 1. The lowest BCUT2D eigenvalue weighted by Gasteiger charge is -2.39. The second-order valence-electron chi connectivity index (χ2n) is 6.82. The Morgan fingerprint density at radius 1 is 1.33 bits per heavy atom. The molecule has 0 radical (unpaired) electrons. The van der Waals surface area contributed by atoms with Crippen LogP contribution >= 0.6 is 0 Å². The van der Waals surface area contributed by atoms with E-state index < -0.39 is 6.04 Å². The van der Waals surface area contributed by atoms with Crippen molar-refractivity contribution in [2.75, 3.05) is 27.2 Å². The Labute approximate surface area is 159 Å². The van der Waals surface area contributed by atoms with Crippen LogP contribution in [0, 0.1) is 0 Å².